The number of hydrogen-bond donors (Lipinski definition) is 0. The van der Waals surface area contributed by atoms with E-state index in [9.17, 15) is 13.2 Å². The van der Waals surface area contributed by atoms with E-state index in [1.165, 1.54) is 4.31 Å². The summed E-state index contributed by atoms with van der Waals surface area (Å²) in [6.07, 6.45) is 0.709. The molecule has 1 unspecified atom stereocenters. The molecule has 1 atom stereocenters. The van der Waals surface area contributed by atoms with Crippen molar-refractivity contribution in [2.45, 2.75) is 38.0 Å². The molecule has 0 aliphatic carbocycles. The van der Waals surface area contributed by atoms with Gasteiger partial charge in [-0.05, 0) is 25.8 Å². The van der Waals surface area contributed by atoms with E-state index in [0.717, 1.165) is 5.56 Å². The van der Waals surface area contributed by atoms with Crippen molar-refractivity contribution in [2.75, 3.05) is 26.2 Å². The molecule has 1 amide bonds. The van der Waals surface area contributed by atoms with Crippen LogP contribution in [-0.2, 0) is 14.8 Å². The minimum Gasteiger partial charge on any atom is -0.360 e. The van der Waals surface area contributed by atoms with E-state index in [0.29, 0.717) is 31.0 Å². The van der Waals surface area contributed by atoms with Gasteiger partial charge in [0.15, 0.2) is 5.76 Å². The summed E-state index contributed by atoms with van der Waals surface area (Å²) in [6, 6.07) is 9.71. The van der Waals surface area contributed by atoms with Crippen LogP contribution in [0, 0.1) is 13.8 Å². The quantitative estimate of drug-likeness (QED) is 0.781. The zero-order valence-electron chi connectivity index (χ0n) is 15.9. The molecule has 146 valence electrons. The summed E-state index contributed by atoms with van der Waals surface area (Å²) in [5.41, 5.74) is 1.36. The minimum absolute atomic E-state index is 0.0538. The largest absolute Gasteiger partial charge is 0.360 e. The van der Waals surface area contributed by atoms with Crippen molar-refractivity contribution < 1.29 is 17.7 Å². The summed E-state index contributed by atoms with van der Waals surface area (Å²) in [6.45, 7) is 6.50. The number of hydrogen-bond acceptors (Lipinski definition) is 5. The molecule has 0 saturated carbocycles. The van der Waals surface area contributed by atoms with Gasteiger partial charge in [0.25, 0.3) is 0 Å². The van der Waals surface area contributed by atoms with Crippen molar-refractivity contribution in [3.63, 3.8) is 0 Å². The monoisotopic (exact) mass is 391 g/mol. The molecule has 1 fully saturated rings. The lowest BCUT2D eigenvalue weighted by Gasteiger charge is -2.35. The number of aromatic nitrogens is 1. The van der Waals surface area contributed by atoms with E-state index in [1.807, 2.05) is 37.3 Å². The fourth-order valence-corrected chi connectivity index (χ4v) is 5.29. The Kier molecular flexibility index (Phi) is 5.67. The molecule has 1 aliphatic heterocycles. The number of amides is 1. The van der Waals surface area contributed by atoms with E-state index in [-0.39, 0.29) is 29.8 Å². The number of carbonyl (C=O) groups excluding carboxylic acids is 1. The third-order valence-electron chi connectivity index (χ3n) is 5.02. The van der Waals surface area contributed by atoms with Gasteiger partial charge in [0.05, 0.1) is 5.92 Å². The summed E-state index contributed by atoms with van der Waals surface area (Å²) in [7, 11) is -3.67. The topological polar surface area (TPSA) is 83.7 Å². The number of aryl methyl sites for hydroxylation is 2. The molecule has 1 aliphatic rings. The Bertz CT molecular complexity index is 881. The van der Waals surface area contributed by atoms with Crippen LogP contribution in [0.3, 0.4) is 0 Å². The van der Waals surface area contributed by atoms with Gasteiger partial charge in [0.1, 0.15) is 10.6 Å². The molecule has 3 rings (SSSR count). The third-order valence-corrected chi connectivity index (χ3v) is 7.17. The highest BCUT2D eigenvalue weighted by molar-refractivity contribution is 7.89. The molecule has 1 saturated heterocycles. The van der Waals surface area contributed by atoms with Gasteiger partial charge in [-0.15, -0.1) is 0 Å². The number of nitrogens with zero attached hydrogens (tertiary/aromatic N) is 3. The minimum atomic E-state index is -3.67. The first-order valence-electron chi connectivity index (χ1n) is 9.13. The SMILES string of the molecule is CCC(C(=O)N1CCN(S(=O)(=O)c2c(C)noc2C)CC1)c1ccccc1. The van der Waals surface area contributed by atoms with Crippen LogP contribution in [0.1, 0.15) is 36.3 Å². The smallest absolute Gasteiger partial charge is 0.248 e. The lowest BCUT2D eigenvalue weighted by Crippen LogP contribution is -2.51. The molecular weight excluding hydrogens is 366 g/mol. The molecule has 2 heterocycles. The number of piperazine rings is 1. The molecular formula is C19H25N3O4S. The van der Waals surface area contributed by atoms with Crippen LogP contribution in [0.15, 0.2) is 39.8 Å². The lowest BCUT2D eigenvalue weighted by molar-refractivity contribution is -0.134. The molecule has 1 aromatic carbocycles. The summed E-state index contributed by atoms with van der Waals surface area (Å²) in [4.78, 5) is 14.9. The Morgan fingerprint density at radius 2 is 1.78 bits per heavy atom. The molecule has 8 heteroatoms. The Morgan fingerprint density at radius 3 is 2.30 bits per heavy atom. The molecule has 0 N–H and O–H groups in total. The van der Waals surface area contributed by atoms with Gasteiger partial charge in [-0.3, -0.25) is 4.79 Å². The number of sulfonamides is 1. The van der Waals surface area contributed by atoms with Crippen molar-refractivity contribution in [3.8, 4) is 0 Å². The molecule has 1 aromatic heterocycles. The van der Waals surface area contributed by atoms with Gasteiger partial charge >= 0.3 is 0 Å². The first kappa shape index (κ1) is 19.6. The van der Waals surface area contributed by atoms with Crippen molar-refractivity contribution in [1.29, 1.82) is 0 Å². The van der Waals surface area contributed by atoms with Gasteiger partial charge in [-0.1, -0.05) is 42.4 Å². The fourth-order valence-electron chi connectivity index (χ4n) is 3.58. The number of rotatable bonds is 5. The Morgan fingerprint density at radius 1 is 1.15 bits per heavy atom. The third kappa shape index (κ3) is 3.77. The maximum Gasteiger partial charge on any atom is 0.248 e. The highest BCUT2D eigenvalue weighted by Crippen LogP contribution is 2.26. The van der Waals surface area contributed by atoms with E-state index in [4.69, 9.17) is 4.52 Å². The van der Waals surface area contributed by atoms with Crippen molar-refractivity contribution in [3.05, 3.63) is 47.3 Å². The maximum atomic E-state index is 13.0. The van der Waals surface area contributed by atoms with Gasteiger partial charge < -0.3 is 9.42 Å². The van der Waals surface area contributed by atoms with Crippen LogP contribution in [0.25, 0.3) is 0 Å². The Hall–Kier alpha value is -2.19. The van der Waals surface area contributed by atoms with Gasteiger partial charge in [0.2, 0.25) is 15.9 Å². The highest BCUT2D eigenvalue weighted by atomic mass is 32.2. The van der Waals surface area contributed by atoms with E-state index >= 15 is 0 Å². The highest BCUT2D eigenvalue weighted by Gasteiger charge is 2.35. The van der Waals surface area contributed by atoms with Gasteiger partial charge in [-0.2, -0.15) is 4.31 Å². The molecule has 0 radical (unpaired) electrons. The van der Waals surface area contributed by atoms with E-state index < -0.39 is 10.0 Å². The first-order valence-corrected chi connectivity index (χ1v) is 10.6. The average Bonchev–Trinajstić information content (AvgIpc) is 3.02. The van der Waals surface area contributed by atoms with Gasteiger partial charge in [-0.25, -0.2) is 8.42 Å². The van der Waals surface area contributed by atoms with Crippen LogP contribution in [0.4, 0.5) is 0 Å². The predicted octanol–water partition coefficient (Wildman–Crippen LogP) is 2.32. The number of carbonyl (C=O) groups is 1. The van der Waals surface area contributed by atoms with Crippen LogP contribution in [0.2, 0.25) is 0 Å². The van der Waals surface area contributed by atoms with Gasteiger partial charge in [0, 0.05) is 26.2 Å². The molecule has 0 bridgehead atoms. The molecule has 7 nitrogen and oxygen atoms in total. The summed E-state index contributed by atoms with van der Waals surface area (Å²) in [5, 5.41) is 3.74. The normalized spacial score (nSPS) is 17.1. The van der Waals surface area contributed by atoms with Crippen molar-refractivity contribution in [2.24, 2.45) is 0 Å². The second-order valence-corrected chi connectivity index (χ2v) is 8.63. The maximum absolute atomic E-state index is 13.0. The predicted molar refractivity (Wildman–Crippen MR) is 101 cm³/mol. The molecule has 2 aromatic rings. The van der Waals surface area contributed by atoms with Crippen molar-refractivity contribution in [1.82, 2.24) is 14.4 Å². The van der Waals surface area contributed by atoms with E-state index in [2.05, 4.69) is 5.16 Å². The Labute approximate surface area is 160 Å². The Balaban J connectivity index is 1.71. The summed E-state index contributed by atoms with van der Waals surface area (Å²) >= 11 is 0. The van der Waals surface area contributed by atoms with Crippen LogP contribution >= 0.6 is 0 Å². The molecule has 27 heavy (non-hydrogen) atoms. The van der Waals surface area contributed by atoms with Crippen LogP contribution in [0.5, 0.6) is 0 Å². The summed E-state index contributed by atoms with van der Waals surface area (Å²) < 4.78 is 32.2. The standard InChI is InChI=1S/C19H25N3O4S/c1-4-17(16-8-6-5-7-9-16)19(23)21-10-12-22(13-11-21)27(24,25)18-14(2)20-26-15(18)3/h5-9,17H,4,10-13H2,1-3H3. The average molecular weight is 391 g/mol. The number of benzene rings is 1. The van der Waals surface area contributed by atoms with E-state index in [1.54, 1.807) is 18.7 Å². The first-order chi connectivity index (χ1) is 12.9. The lowest BCUT2D eigenvalue weighted by atomic mass is 9.95. The second kappa shape index (κ2) is 7.82. The molecule has 0 spiro atoms. The zero-order chi connectivity index (χ0) is 19.6. The fraction of sp³-hybridized carbons (Fsp3) is 0.474. The van der Waals surface area contributed by atoms with Crippen LogP contribution < -0.4 is 0 Å². The second-order valence-electron chi connectivity index (χ2n) is 6.75. The van der Waals surface area contributed by atoms with Crippen molar-refractivity contribution >= 4 is 15.9 Å². The summed E-state index contributed by atoms with van der Waals surface area (Å²) in [5.74, 6) is 0.149. The zero-order valence-corrected chi connectivity index (χ0v) is 16.7. The van der Waals surface area contributed by atoms with Crippen LogP contribution in [-0.4, -0.2) is 54.9 Å².